The number of hydrogen-bond donors (Lipinski definition) is 1. The number of hydrogen-bond acceptors (Lipinski definition) is 6. The minimum absolute atomic E-state index is 0.0583. The fraction of sp³-hybridized carbons (Fsp3) is 0.240. The molecule has 1 aliphatic rings. The highest BCUT2D eigenvalue weighted by molar-refractivity contribution is 7.89. The zero-order chi connectivity index (χ0) is 26.2. The van der Waals surface area contributed by atoms with E-state index in [0.717, 1.165) is 16.6 Å². The third-order valence-electron chi connectivity index (χ3n) is 6.12. The summed E-state index contributed by atoms with van der Waals surface area (Å²) in [5.74, 6) is -0.459. The van der Waals surface area contributed by atoms with E-state index in [1.165, 1.54) is 24.5 Å². The fourth-order valence-corrected chi connectivity index (χ4v) is 5.88. The van der Waals surface area contributed by atoms with E-state index in [1.54, 1.807) is 30.3 Å². The van der Waals surface area contributed by atoms with Crippen LogP contribution in [0.2, 0.25) is 0 Å². The lowest BCUT2D eigenvalue weighted by molar-refractivity contribution is -0.141. The maximum atomic E-state index is 13.2. The third kappa shape index (κ3) is 5.07. The van der Waals surface area contributed by atoms with Crippen LogP contribution in [0.3, 0.4) is 0 Å². The molecular weight excluding hydrogens is 509 g/mol. The highest BCUT2D eigenvalue weighted by Gasteiger charge is 2.41. The van der Waals surface area contributed by atoms with Crippen LogP contribution in [0.1, 0.15) is 24.1 Å². The standard InChI is InChI=1S/C25H21F3N4O4S/c26-25(27,28)22-8-7-18(15-30-22)19-10-16(12-29-14-19)13-31-24(33)20-5-3-9-32(20)37(34,35)23-11-17-4-1-2-6-21(17)36-23/h1-2,4,6-8,10-12,14-15,20H,3,5,9,13H2,(H,31,33)/t20-/m0/s1. The molecule has 12 heteroatoms. The van der Waals surface area contributed by atoms with Crippen molar-refractivity contribution in [2.45, 2.75) is 36.7 Å². The molecule has 1 aliphatic heterocycles. The van der Waals surface area contributed by atoms with Gasteiger partial charge in [0.2, 0.25) is 11.0 Å². The minimum Gasteiger partial charge on any atom is -0.443 e. The van der Waals surface area contributed by atoms with Crippen LogP contribution in [-0.2, 0) is 27.5 Å². The molecular formula is C25H21F3N4O4S. The Morgan fingerprint density at radius 2 is 1.89 bits per heavy atom. The Morgan fingerprint density at radius 1 is 1.08 bits per heavy atom. The molecule has 1 aromatic carbocycles. The number of fused-ring (bicyclic) bond motifs is 1. The highest BCUT2D eigenvalue weighted by atomic mass is 32.2. The van der Waals surface area contributed by atoms with E-state index < -0.39 is 33.8 Å². The number of carbonyl (C=O) groups excluding carboxylic acids is 1. The van der Waals surface area contributed by atoms with Gasteiger partial charge in [0.05, 0.1) is 0 Å². The number of halogens is 3. The first-order valence-electron chi connectivity index (χ1n) is 11.4. The van der Waals surface area contributed by atoms with Crippen molar-refractivity contribution in [3.63, 3.8) is 0 Å². The predicted octanol–water partition coefficient (Wildman–Crippen LogP) is 4.38. The molecule has 0 bridgehead atoms. The molecule has 1 fully saturated rings. The molecule has 3 aromatic heterocycles. The van der Waals surface area contributed by atoms with Crippen LogP contribution in [0.25, 0.3) is 22.1 Å². The number of carbonyl (C=O) groups is 1. The van der Waals surface area contributed by atoms with Gasteiger partial charge < -0.3 is 9.73 Å². The van der Waals surface area contributed by atoms with Crippen LogP contribution in [0.15, 0.2) is 76.6 Å². The molecule has 1 atom stereocenters. The van der Waals surface area contributed by atoms with Crippen molar-refractivity contribution in [1.82, 2.24) is 19.6 Å². The fourth-order valence-electron chi connectivity index (χ4n) is 4.27. The molecule has 0 unspecified atom stereocenters. The van der Waals surface area contributed by atoms with Crippen LogP contribution in [0, 0.1) is 0 Å². The van der Waals surface area contributed by atoms with Crippen molar-refractivity contribution in [2.24, 2.45) is 0 Å². The summed E-state index contributed by atoms with van der Waals surface area (Å²) in [7, 11) is -4.03. The molecule has 0 aliphatic carbocycles. The molecule has 37 heavy (non-hydrogen) atoms. The van der Waals surface area contributed by atoms with Gasteiger partial charge in [0, 0.05) is 54.3 Å². The van der Waals surface area contributed by atoms with Gasteiger partial charge in [-0.1, -0.05) is 24.3 Å². The zero-order valence-corrected chi connectivity index (χ0v) is 20.1. The molecule has 0 radical (unpaired) electrons. The maximum Gasteiger partial charge on any atom is 0.433 e. The van der Waals surface area contributed by atoms with Crippen LogP contribution >= 0.6 is 0 Å². The lowest BCUT2D eigenvalue weighted by Gasteiger charge is -2.22. The van der Waals surface area contributed by atoms with Crippen LogP contribution in [-0.4, -0.2) is 41.2 Å². The summed E-state index contributed by atoms with van der Waals surface area (Å²) in [5.41, 5.74) is 1.01. The summed E-state index contributed by atoms with van der Waals surface area (Å²) in [6.45, 7) is 0.248. The van der Waals surface area contributed by atoms with Crippen molar-refractivity contribution in [1.29, 1.82) is 0 Å². The van der Waals surface area contributed by atoms with Crippen LogP contribution in [0.5, 0.6) is 0 Å². The van der Waals surface area contributed by atoms with E-state index in [9.17, 15) is 26.4 Å². The van der Waals surface area contributed by atoms with Gasteiger partial charge in [-0.15, -0.1) is 0 Å². The number of pyridine rings is 2. The lowest BCUT2D eigenvalue weighted by Crippen LogP contribution is -2.45. The number of aromatic nitrogens is 2. The summed E-state index contributed by atoms with van der Waals surface area (Å²) >= 11 is 0. The molecule has 5 rings (SSSR count). The number of amides is 1. The van der Waals surface area contributed by atoms with Gasteiger partial charge >= 0.3 is 6.18 Å². The van der Waals surface area contributed by atoms with Gasteiger partial charge in [0.25, 0.3) is 10.0 Å². The number of rotatable bonds is 6. The lowest BCUT2D eigenvalue weighted by atomic mass is 10.1. The molecule has 4 aromatic rings. The van der Waals surface area contributed by atoms with E-state index in [4.69, 9.17) is 4.42 Å². The number of furan rings is 1. The Bertz CT molecular complexity index is 1520. The molecule has 8 nitrogen and oxygen atoms in total. The quantitative estimate of drug-likeness (QED) is 0.397. The number of benzene rings is 1. The monoisotopic (exact) mass is 530 g/mol. The average Bonchev–Trinajstić information content (AvgIpc) is 3.55. The Kier molecular flexibility index (Phi) is 6.46. The smallest absolute Gasteiger partial charge is 0.433 e. The van der Waals surface area contributed by atoms with Gasteiger partial charge in [-0.05, 0) is 36.6 Å². The number of nitrogens with one attached hydrogen (secondary N) is 1. The van der Waals surface area contributed by atoms with Gasteiger partial charge in [0.1, 0.15) is 17.3 Å². The predicted molar refractivity (Wildman–Crippen MR) is 127 cm³/mol. The summed E-state index contributed by atoms with van der Waals surface area (Å²) in [5, 5.41) is 3.19. The number of nitrogens with zero attached hydrogens (tertiary/aromatic N) is 3. The molecule has 0 saturated carbocycles. The van der Waals surface area contributed by atoms with Gasteiger partial charge in [0.15, 0.2) is 0 Å². The number of para-hydroxylation sites is 1. The Hall–Kier alpha value is -3.77. The largest absolute Gasteiger partial charge is 0.443 e. The Labute approximate surface area is 210 Å². The highest BCUT2D eigenvalue weighted by Crippen LogP contribution is 2.31. The van der Waals surface area contributed by atoms with Crippen molar-refractivity contribution in [2.75, 3.05) is 6.54 Å². The molecule has 1 N–H and O–H groups in total. The topological polar surface area (TPSA) is 105 Å². The first-order chi connectivity index (χ1) is 17.6. The molecule has 0 spiro atoms. The molecule has 1 amide bonds. The van der Waals surface area contributed by atoms with Crippen LogP contribution in [0.4, 0.5) is 13.2 Å². The maximum absolute atomic E-state index is 13.2. The summed E-state index contributed by atoms with van der Waals surface area (Å²) < 4.78 is 71.5. The van der Waals surface area contributed by atoms with Gasteiger partial charge in [-0.2, -0.15) is 17.5 Å². The molecule has 192 valence electrons. The second-order valence-electron chi connectivity index (χ2n) is 8.61. The zero-order valence-electron chi connectivity index (χ0n) is 19.3. The normalized spacial score (nSPS) is 16.8. The van der Waals surface area contributed by atoms with Crippen LogP contribution < -0.4 is 5.32 Å². The first kappa shape index (κ1) is 24.9. The summed E-state index contributed by atoms with van der Waals surface area (Å²) in [6.07, 6.45) is 0.458. The van der Waals surface area contributed by atoms with Crippen molar-refractivity contribution in [3.8, 4) is 11.1 Å². The second-order valence-corrected chi connectivity index (χ2v) is 10.4. The Balaban J connectivity index is 1.28. The van der Waals surface area contributed by atoms with E-state index in [2.05, 4.69) is 15.3 Å². The van der Waals surface area contributed by atoms with E-state index in [-0.39, 0.29) is 18.2 Å². The summed E-state index contributed by atoms with van der Waals surface area (Å²) in [6, 6.07) is 11.4. The molecule has 4 heterocycles. The first-order valence-corrected chi connectivity index (χ1v) is 12.8. The van der Waals surface area contributed by atoms with Crippen molar-refractivity contribution >= 4 is 26.9 Å². The van der Waals surface area contributed by atoms with Crippen molar-refractivity contribution in [3.05, 3.63) is 78.4 Å². The number of sulfonamides is 1. The van der Waals surface area contributed by atoms with E-state index in [1.807, 2.05) is 0 Å². The minimum atomic E-state index is -4.53. The number of alkyl halides is 3. The second kappa shape index (κ2) is 9.60. The Morgan fingerprint density at radius 3 is 2.62 bits per heavy atom. The van der Waals surface area contributed by atoms with E-state index >= 15 is 0 Å². The van der Waals surface area contributed by atoms with Gasteiger partial charge in [-0.25, -0.2) is 8.42 Å². The van der Waals surface area contributed by atoms with Crippen molar-refractivity contribution < 1.29 is 30.8 Å². The molecule has 1 saturated heterocycles. The summed E-state index contributed by atoms with van der Waals surface area (Å²) in [4.78, 5) is 20.5. The van der Waals surface area contributed by atoms with Gasteiger partial charge in [-0.3, -0.25) is 14.8 Å². The third-order valence-corrected chi connectivity index (χ3v) is 7.89. The average molecular weight is 531 g/mol. The SMILES string of the molecule is O=C(NCc1cncc(-c2ccc(C(F)(F)F)nc2)c1)[C@@H]1CCCN1S(=O)(=O)c1cc2ccccc2o1. The van der Waals surface area contributed by atoms with E-state index in [0.29, 0.717) is 40.5 Å².